The van der Waals surface area contributed by atoms with E-state index in [-0.39, 0.29) is 35.3 Å². The van der Waals surface area contributed by atoms with E-state index in [1.165, 1.54) is 16.2 Å². The highest BCUT2D eigenvalue weighted by molar-refractivity contribution is 7.89. The van der Waals surface area contributed by atoms with Crippen molar-refractivity contribution >= 4 is 38.6 Å². The first-order valence-corrected chi connectivity index (χ1v) is 12.0. The highest BCUT2D eigenvalue weighted by Gasteiger charge is 2.32. The molecule has 3 rings (SSSR count). The number of ether oxygens (including phenoxy) is 1. The molecule has 0 bridgehead atoms. The summed E-state index contributed by atoms with van der Waals surface area (Å²) in [5, 5.41) is 22.2. The number of anilines is 1. The van der Waals surface area contributed by atoms with Gasteiger partial charge in [0.05, 0.1) is 27.7 Å². The van der Waals surface area contributed by atoms with Crippen LogP contribution in [0.3, 0.4) is 0 Å². The summed E-state index contributed by atoms with van der Waals surface area (Å²) in [7, 11) is -2.46. The predicted molar refractivity (Wildman–Crippen MR) is 115 cm³/mol. The van der Waals surface area contributed by atoms with E-state index in [1.807, 2.05) is 6.07 Å². The molecule has 172 valence electrons. The van der Waals surface area contributed by atoms with Crippen LogP contribution in [0.5, 0.6) is 5.75 Å². The summed E-state index contributed by atoms with van der Waals surface area (Å²) >= 11 is 3.40. The lowest BCUT2D eigenvalue weighted by atomic mass is 10.2. The Morgan fingerprint density at radius 2 is 2.19 bits per heavy atom. The average molecular weight is 501 g/mol. The molecule has 14 heteroatoms. The van der Waals surface area contributed by atoms with Crippen molar-refractivity contribution in [2.24, 2.45) is 0 Å². The Balaban J connectivity index is 1.68. The van der Waals surface area contributed by atoms with Gasteiger partial charge in [0.25, 0.3) is 10.0 Å². The van der Waals surface area contributed by atoms with E-state index in [9.17, 15) is 22.3 Å². The zero-order valence-electron chi connectivity index (χ0n) is 16.7. The van der Waals surface area contributed by atoms with Crippen LogP contribution in [0.4, 0.5) is 5.69 Å². The molecule has 0 radical (unpaired) electrons. The lowest BCUT2D eigenvalue weighted by Crippen LogP contribution is -2.55. The van der Waals surface area contributed by atoms with E-state index >= 15 is 0 Å². The maximum atomic E-state index is 12.7. The van der Waals surface area contributed by atoms with Crippen LogP contribution in [0.25, 0.3) is 0 Å². The summed E-state index contributed by atoms with van der Waals surface area (Å²) in [5.41, 5.74) is 0.618. The summed E-state index contributed by atoms with van der Waals surface area (Å²) < 4.78 is 54.7. The van der Waals surface area contributed by atoms with Crippen LogP contribution < -0.4 is 14.3 Å². The minimum atomic E-state index is -4.03. The molecule has 0 saturated carbocycles. The van der Waals surface area contributed by atoms with E-state index in [4.69, 9.17) is 21.6 Å². The summed E-state index contributed by atoms with van der Waals surface area (Å²) in [5.74, 6) is 0.336. The number of nitrogens with zero attached hydrogens (tertiary/aromatic N) is 3. The molecule has 0 fully saturated rings. The molecule has 2 aromatic rings. The van der Waals surface area contributed by atoms with Crippen LogP contribution >= 0.6 is 11.6 Å². The molecule has 0 aromatic heterocycles. The van der Waals surface area contributed by atoms with Crippen molar-refractivity contribution in [2.75, 3.05) is 24.9 Å². The van der Waals surface area contributed by atoms with Gasteiger partial charge >= 0.3 is 0 Å². The molecule has 0 saturated heterocycles. The number of halogens is 1. The number of benzene rings is 2. The quantitative estimate of drug-likeness (QED) is 0.444. The molecule has 1 aliphatic rings. The average Bonchev–Trinajstić information content (AvgIpc) is 2.72. The van der Waals surface area contributed by atoms with Crippen molar-refractivity contribution in [1.29, 1.82) is 5.26 Å². The number of hydrogen-bond donors (Lipinski definition) is 3. The second kappa shape index (κ2) is 10.1. The molecule has 0 aliphatic carbocycles. The summed E-state index contributed by atoms with van der Waals surface area (Å²) in [6.45, 7) is -0.0289. The molecular weight excluding hydrogens is 482 g/mol. The van der Waals surface area contributed by atoms with Crippen LogP contribution in [-0.2, 0) is 27.8 Å². The number of nitrogens with one attached hydrogen (secondary N) is 2. The molecule has 2 atom stereocenters. The van der Waals surface area contributed by atoms with E-state index in [0.717, 1.165) is 6.07 Å². The van der Waals surface area contributed by atoms with Gasteiger partial charge in [-0.25, -0.2) is 13.4 Å². The SMILES string of the molecule is CN(CC(O)COc1ccccc1C#N)N1Cc2cc(Cl)c(NS(=O)[O-])cc2S(=O)(=O)N1. The number of fused-ring (bicyclic) bond motifs is 1. The maximum Gasteiger partial charge on any atom is 0.254 e. The van der Waals surface area contributed by atoms with Crippen molar-refractivity contribution in [3.05, 3.63) is 52.5 Å². The van der Waals surface area contributed by atoms with E-state index in [2.05, 4.69) is 9.55 Å². The van der Waals surface area contributed by atoms with Crippen LogP contribution in [0.1, 0.15) is 11.1 Å². The van der Waals surface area contributed by atoms with E-state index in [1.54, 1.807) is 31.3 Å². The third-order valence-electron chi connectivity index (χ3n) is 4.50. The van der Waals surface area contributed by atoms with Crippen LogP contribution in [-0.4, -0.2) is 58.7 Å². The third-order valence-corrected chi connectivity index (χ3v) is 6.61. The fourth-order valence-corrected chi connectivity index (χ4v) is 4.99. The number of hydrazine groups is 2. The zero-order chi connectivity index (χ0) is 23.5. The smallest absolute Gasteiger partial charge is 0.254 e. The number of sulfonamides is 1. The van der Waals surface area contributed by atoms with Gasteiger partial charge in [0, 0.05) is 24.9 Å². The number of nitriles is 1. The number of aliphatic hydroxyl groups excluding tert-OH is 1. The summed E-state index contributed by atoms with van der Waals surface area (Å²) in [6.07, 6.45) is -1.00. The van der Waals surface area contributed by atoms with Crippen molar-refractivity contribution in [3.63, 3.8) is 0 Å². The van der Waals surface area contributed by atoms with E-state index < -0.39 is 27.4 Å². The number of likely N-dealkylation sites (N-methyl/N-ethyl adjacent to an activating group) is 1. The molecule has 2 aromatic carbocycles. The Morgan fingerprint density at radius 3 is 2.88 bits per heavy atom. The van der Waals surface area contributed by atoms with Gasteiger partial charge in [0.15, 0.2) is 0 Å². The Kier molecular flexibility index (Phi) is 7.70. The highest BCUT2D eigenvalue weighted by Crippen LogP contribution is 2.32. The van der Waals surface area contributed by atoms with Gasteiger partial charge in [0.2, 0.25) is 0 Å². The first-order chi connectivity index (χ1) is 15.1. The number of rotatable bonds is 8. The summed E-state index contributed by atoms with van der Waals surface area (Å²) in [6, 6.07) is 11.1. The number of aliphatic hydroxyl groups is 1. The lowest BCUT2D eigenvalue weighted by molar-refractivity contribution is -0.0669. The topological polar surface area (TPSA) is 158 Å². The molecule has 2 unspecified atom stereocenters. The first-order valence-electron chi connectivity index (χ1n) is 9.10. The molecule has 32 heavy (non-hydrogen) atoms. The summed E-state index contributed by atoms with van der Waals surface area (Å²) in [4.78, 5) is 2.24. The standard InChI is InChI=1S/C18H20ClN5O6S2/c1-23(10-14(25)11-30-17-5-3-2-4-12(17)8-20)24-9-13-6-15(19)16(21-31(26)27)7-18(13)32(28,29)22-24/h2-7,14,21-22,25H,9-11H2,1H3,(H,26,27)/p-1. The Hall–Kier alpha value is -2.28. The van der Waals surface area contributed by atoms with Gasteiger partial charge in [-0.2, -0.15) is 10.4 Å². The Labute approximate surface area is 192 Å². The second-order valence-corrected chi connectivity index (χ2v) is 9.55. The minimum absolute atomic E-state index is 0.00904. The van der Waals surface area contributed by atoms with Crippen LogP contribution in [0, 0.1) is 11.3 Å². The highest BCUT2D eigenvalue weighted by atomic mass is 35.5. The third kappa shape index (κ3) is 5.74. The Bertz CT molecular complexity index is 1170. The van der Waals surface area contributed by atoms with Gasteiger partial charge in [-0.05, 0) is 29.8 Å². The van der Waals surface area contributed by atoms with Crippen molar-refractivity contribution in [3.8, 4) is 11.8 Å². The number of para-hydroxylation sites is 1. The van der Waals surface area contributed by atoms with Gasteiger partial charge in [-0.1, -0.05) is 23.7 Å². The van der Waals surface area contributed by atoms with Crippen LogP contribution in [0.2, 0.25) is 5.02 Å². The number of hydrogen-bond acceptors (Lipinski definition) is 9. The van der Waals surface area contributed by atoms with Gasteiger partial charge in [-0.3, -0.25) is 4.21 Å². The minimum Gasteiger partial charge on any atom is -0.755 e. The largest absolute Gasteiger partial charge is 0.755 e. The molecule has 1 heterocycles. The maximum absolute atomic E-state index is 12.7. The molecule has 0 spiro atoms. The predicted octanol–water partition coefficient (Wildman–Crippen LogP) is 0.713. The van der Waals surface area contributed by atoms with Crippen molar-refractivity contribution < 1.29 is 27.0 Å². The zero-order valence-corrected chi connectivity index (χ0v) is 19.1. The van der Waals surface area contributed by atoms with Gasteiger partial charge < -0.3 is 19.1 Å². The fourth-order valence-electron chi connectivity index (χ4n) is 3.04. The van der Waals surface area contributed by atoms with Crippen LogP contribution in [0.15, 0.2) is 41.3 Å². The Morgan fingerprint density at radius 1 is 1.47 bits per heavy atom. The van der Waals surface area contributed by atoms with Gasteiger partial charge in [0.1, 0.15) is 24.5 Å². The van der Waals surface area contributed by atoms with Crippen molar-refractivity contribution in [1.82, 2.24) is 15.0 Å². The molecule has 3 N–H and O–H groups in total. The van der Waals surface area contributed by atoms with E-state index in [0.29, 0.717) is 16.9 Å². The molecular formula is C18H19ClN5O6S2-. The monoisotopic (exact) mass is 500 g/mol. The fraction of sp³-hybridized carbons (Fsp3) is 0.278. The first kappa shape index (κ1) is 24.4. The van der Waals surface area contributed by atoms with Crippen molar-refractivity contribution in [2.45, 2.75) is 17.5 Å². The second-order valence-electron chi connectivity index (χ2n) is 6.84. The molecule has 0 amide bonds. The lowest BCUT2D eigenvalue weighted by Gasteiger charge is -2.36. The molecule has 1 aliphatic heterocycles. The van der Waals surface area contributed by atoms with Gasteiger partial charge in [-0.15, -0.1) is 4.83 Å². The molecule has 11 nitrogen and oxygen atoms in total. The normalized spacial score (nSPS) is 17.2.